The molecule has 0 amide bonds. The fourth-order valence-corrected chi connectivity index (χ4v) is 1.89. The van der Waals surface area contributed by atoms with E-state index in [0.29, 0.717) is 0 Å². The number of hydrogen-bond donors (Lipinski definition) is 1. The van der Waals surface area contributed by atoms with Crippen molar-refractivity contribution in [3.63, 3.8) is 0 Å². The van der Waals surface area contributed by atoms with E-state index in [9.17, 15) is 25.0 Å². The van der Waals surface area contributed by atoms with Crippen molar-refractivity contribution in [3.05, 3.63) is 70.3 Å². The van der Waals surface area contributed by atoms with Crippen molar-refractivity contribution in [2.45, 2.75) is 0 Å². The molecule has 2 aromatic heterocycles. The molecule has 116 valence electrons. The maximum absolute atomic E-state index is 10.7. The normalized spacial score (nSPS) is 9.59. The zero-order valence-corrected chi connectivity index (χ0v) is 12.6. The van der Waals surface area contributed by atoms with Gasteiger partial charge in [-0.1, -0.05) is 34.8 Å². The highest BCUT2D eigenvalue weighted by Gasteiger charge is 2.17. The topological polar surface area (TPSA) is 132 Å². The van der Waals surface area contributed by atoms with E-state index in [1.54, 1.807) is 0 Å². The summed E-state index contributed by atoms with van der Waals surface area (Å²) in [4.78, 5) is 35.2. The van der Waals surface area contributed by atoms with Crippen LogP contribution < -0.4 is 5.56 Å². The molecule has 22 heavy (non-hydrogen) atoms. The highest BCUT2D eigenvalue weighted by atomic mass is 35.5. The van der Waals surface area contributed by atoms with Gasteiger partial charge >= 0.3 is 16.9 Å². The van der Waals surface area contributed by atoms with Gasteiger partial charge in [0.25, 0.3) is 0 Å². The molecule has 0 radical (unpaired) electrons. The van der Waals surface area contributed by atoms with E-state index >= 15 is 0 Å². The Morgan fingerprint density at radius 1 is 1.00 bits per heavy atom. The van der Waals surface area contributed by atoms with E-state index < -0.39 is 21.1 Å². The first-order chi connectivity index (χ1) is 10.3. The van der Waals surface area contributed by atoms with Gasteiger partial charge in [-0.15, -0.1) is 0 Å². The molecule has 0 aliphatic heterocycles. The third-order valence-corrected chi connectivity index (χ3v) is 2.97. The van der Waals surface area contributed by atoms with Crippen molar-refractivity contribution in [3.8, 4) is 0 Å². The first-order valence-corrected chi connectivity index (χ1v) is 6.35. The zero-order valence-electron chi connectivity index (χ0n) is 10.3. The van der Waals surface area contributed by atoms with Crippen LogP contribution in [0.4, 0.5) is 11.4 Å². The molecule has 0 saturated heterocycles. The minimum Gasteiger partial charge on any atom is -0.323 e. The summed E-state index contributed by atoms with van der Waals surface area (Å²) in [5.74, 6) is 0. The van der Waals surface area contributed by atoms with Gasteiger partial charge in [0.1, 0.15) is 10.0 Å². The Morgan fingerprint density at radius 3 is 1.91 bits per heavy atom. The predicted molar refractivity (Wildman–Crippen MR) is 79.6 cm³/mol. The third-order valence-electron chi connectivity index (χ3n) is 2.08. The molecule has 0 aliphatic carbocycles. The third kappa shape index (κ3) is 4.38. The summed E-state index contributed by atoms with van der Waals surface area (Å²) in [6.07, 6.45) is 2.55. The monoisotopic (exact) mass is 366 g/mol. The molecule has 2 aromatic rings. The summed E-state index contributed by atoms with van der Waals surface area (Å²) in [6, 6.07) is 2.56. The van der Waals surface area contributed by atoms with Crippen LogP contribution in [0.5, 0.6) is 0 Å². The number of aromatic nitrogens is 2. The largest absolute Gasteiger partial charge is 0.352 e. The maximum Gasteiger partial charge on any atom is 0.352 e. The summed E-state index contributed by atoms with van der Waals surface area (Å²) in [5.41, 5.74) is -1.76. The summed E-state index contributed by atoms with van der Waals surface area (Å²) in [5, 5.41) is 20.0. The second-order valence-electron chi connectivity index (χ2n) is 3.45. The molecule has 2 rings (SSSR count). The van der Waals surface area contributed by atoms with Crippen LogP contribution in [0.3, 0.4) is 0 Å². The van der Waals surface area contributed by atoms with Crippen LogP contribution in [0.25, 0.3) is 0 Å². The molecule has 9 nitrogen and oxygen atoms in total. The van der Waals surface area contributed by atoms with Crippen LogP contribution >= 0.6 is 34.8 Å². The number of hydrogen-bond acceptors (Lipinski definition) is 6. The van der Waals surface area contributed by atoms with Crippen molar-refractivity contribution in [1.29, 1.82) is 0 Å². The van der Waals surface area contributed by atoms with Crippen LogP contribution in [0.15, 0.2) is 29.3 Å². The molecule has 0 unspecified atom stereocenters. The first-order valence-electron chi connectivity index (χ1n) is 5.21. The number of rotatable bonds is 2. The Balaban J connectivity index is 0.000000220. The molecular formula is C10H5Cl3N4O5. The lowest BCUT2D eigenvalue weighted by Crippen LogP contribution is -2.10. The van der Waals surface area contributed by atoms with Gasteiger partial charge in [0.15, 0.2) is 0 Å². The summed E-state index contributed by atoms with van der Waals surface area (Å²) >= 11 is 16.2. The predicted octanol–water partition coefficient (Wildman–Crippen LogP) is 3.23. The molecule has 12 heteroatoms. The van der Waals surface area contributed by atoms with Gasteiger partial charge in [-0.3, -0.25) is 25.0 Å². The molecule has 1 N–H and O–H groups in total. The van der Waals surface area contributed by atoms with Crippen LogP contribution in [-0.4, -0.2) is 19.8 Å². The quantitative estimate of drug-likeness (QED) is 0.492. The van der Waals surface area contributed by atoms with E-state index in [4.69, 9.17) is 34.8 Å². The second-order valence-corrected chi connectivity index (χ2v) is 4.62. The first kappa shape index (κ1) is 17.8. The van der Waals surface area contributed by atoms with Crippen LogP contribution in [0, 0.1) is 20.2 Å². The van der Waals surface area contributed by atoms with Crippen LogP contribution in [0.2, 0.25) is 15.2 Å². The number of aromatic amines is 1. The van der Waals surface area contributed by atoms with Gasteiger partial charge in [0.2, 0.25) is 5.15 Å². The number of nitro groups is 2. The van der Waals surface area contributed by atoms with Crippen LogP contribution in [0.1, 0.15) is 0 Å². The minimum atomic E-state index is -0.818. The van der Waals surface area contributed by atoms with E-state index in [1.165, 1.54) is 24.5 Å². The number of nitrogens with zero attached hydrogens (tertiary/aromatic N) is 3. The van der Waals surface area contributed by atoms with Gasteiger partial charge in [0.05, 0.1) is 9.85 Å². The van der Waals surface area contributed by atoms with Crippen LogP contribution in [-0.2, 0) is 0 Å². The van der Waals surface area contributed by atoms with Gasteiger partial charge in [-0.25, -0.2) is 4.98 Å². The van der Waals surface area contributed by atoms with Gasteiger partial charge in [0, 0.05) is 12.4 Å². The molecule has 0 aromatic carbocycles. The molecule has 0 aliphatic rings. The average Bonchev–Trinajstić information content (AvgIpc) is 2.38. The molecule has 0 atom stereocenters. The van der Waals surface area contributed by atoms with E-state index in [1.807, 2.05) is 0 Å². The molecule has 0 spiro atoms. The molecule has 0 fully saturated rings. The van der Waals surface area contributed by atoms with Gasteiger partial charge in [-0.2, -0.15) is 0 Å². The lowest BCUT2D eigenvalue weighted by molar-refractivity contribution is -0.386. The number of pyridine rings is 2. The summed E-state index contributed by atoms with van der Waals surface area (Å²) in [7, 11) is 0. The average molecular weight is 368 g/mol. The standard InChI is InChI=1S/C5H2Cl2N2O2.C5H3ClN2O3/c6-3-1-2-8-5(7)4(3)9(10)11;6-3-1-2-7-5(9)4(3)8(10)11/h1-2H;1-2H,(H,7,9). The zero-order chi connectivity index (χ0) is 16.9. The Hall–Kier alpha value is -2.23. The maximum atomic E-state index is 10.7. The van der Waals surface area contributed by atoms with E-state index in [0.717, 1.165) is 0 Å². The number of halogens is 3. The van der Waals surface area contributed by atoms with Gasteiger partial charge in [-0.05, 0) is 12.1 Å². The fraction of sp³-hybridized carbons (Fsp3) is 0. The fourth-order valence-electron chi connectivity index (χ4n) is 1.19. The summed E-state index contributed by atoms with van der Waals surface area (Å²) < 4.78 is 0. The Kier molecular flexibility index (Phi) is 6.23. The number of H-pyrrole nitrogens is 1. The lowest BCUT2D eigenvalue weighted by Gasteiger charge is -1.94. The lowest BCUT2D eigenvalue weighted by atomic mass is 10.4. The highest BCUT2D eigenvalue weighted by Crippen LogP contribution is 2.29. The smallest absolute Gasteiger partial charge is 0.323 e. The molecule has 2 heterocycles. The SMILES string of the molecule is O=[N+]([O-])c1c(Cl)ccnc1Cl.O=c1[nH]ccc(Cl)c1[N+](=O)[O-]. The van der Waals surface area contributed by atoms with Crippen molar-refractivity contribution >= 4 is 46.2 Å². The van der Waals surface area contributed by atoms with Gasteiger partial charge < -0.3 is 4.98 Å². The Labute approximate surface area is 136 Å². The van der Waals surface area contributed by atoms with E-state index in [2.05, 4.69) is 9.97 Å². The van der Waals surface area contributed by atoms with Crippen molar-refractivity contribution in [1.82, 2.24) is 9.97 Å². The van der Waals surface area contributed by atoms with Crippen molar-refractivity contribution in [2.75, 3.05) is 0 Å². The van der Waals surface area contributed by atoms with Crippen molar-refractivity contribution < 1.29 is 9.85 Å². The van der Waals surface area contributed by atoms with E-state index in [-0.39, 0.29) is 20.9 Å². The minimum absolute atomic E-state index is 0.00463. The Morgan fingerprint density at radius 2 is 1.55 bits per heavy atom. The molecule has 0 bridgehead atoms. The summed E-state index contributed by atoms with van der Waals surface area (Å²) in [6.45, 7) is 0. The Bertz CT molecular complexity index is 759. The molecule has 0 saturated carbocycles. The highest BCUT2D eigenvalue weighted by molar-refractivity contribution is 6.37. The molecular weight excluding hydrogens is 362 g/mol. The number of nitrogens with one attached hydrogen (secondary N) is 1. The van der Waals surface area contributed by atoms with Crippen molar-refractivity contribution in [2.24, 2.45) is 0 Å². The second kappa shape index (κ2) is 7.69.